The number of carbonyl (C=O) groups excluding carboxylic acids is 1. The molecule has 0 aliphatic heterocycles. The Morgan fingerprint density at radius 3 is 2.52 bits per heavy atom. The van der Waals surface area contributed by atoms with E-state index >= 15 is 0 Å². The summed E-state index contributed by atoms with van der Waals surface area (Å²) in [6.07, 6.45) is 2.06. The zero-order chi connectivity index (χ0) is 15.1. The van der Waals surface area contributed by atoms with Crippen molar-refractivity contribution in [3.63, 3.8) is 0 Å². The molecule has 3 nitrogen and oxygen atoms in total. The third kappa shape index (κ3) is 5.30. The number of aryl methyl sites for hydroxylation is 1. The Morgan fingerprint density at radius 1 is 1.10 bits per heavy atom. The molecule has 0 radical (unpaired) electrons. The standard InChI is InChI=1S/C18H22N2O/c1-14(12-15-6-3-2-4-7-15)20-18(21)11-10-16-8-5-9-17(19)13-16/h2-9,13-14H,10-12,19H2,1H3,(H,20,21). The largest absolute Gasteiger partial charge is 0.399 e. The Bertz CT molecular complexity index is 581. The predicted molar refractivity (Wildman–Crippen MR) is 86.9 cm³/mol. The first kappa shape index (κ1) is 15.1. The fourth-order valence-corrected chi connectivity index (χ4v) is 2.37. The van der Waals surface area contributed by atoms with Crippen LogP contribution in [-0.4, -0.2) is 11.9 Å². The Labute approximate surface area is 126 Å². The molecule has 21 heavy (non-hydrogen) atoms. The van der Waals surface area contributed by atoms with Crippen LogP contribution < -0.4 is 11.1 Å². The van der Waals surface area contributed by atoms with E-state index in [9.17, 15) is 4.79 Å². The minimum absolute atomic E-state index is 0.0841. The number of nitrogens with two attached hydrogens (primary N) is 1. The minimum atomic E-state index is 0.0841. The number of nitrogens with one attached hydrogen (secondary N) is 1. The van der Waals surface area contributed by atoms with Gasteiger partial charge in [0.25, 0.3) is 0 Å². The van der Waals surface area contributed by atoms with Gasteiger partial charge >= 0.3 is 0 Å². The van der Waals surface area contributed by atoms with E-state index in [0.29, 0.717) is 6.42 Å². The van der Waals surface area contributed by atoms with Crippen LogP contribution in [0.4, 0.5) is 5.69 Å². The van der Waals surface area contributed by atoms with Crippen molar-refractivity contribution in [1.29, 1.82) is 0 Å². The number of rotatable bonds is 6. The molecule has 0 saturated carbocycles. The summed E-state index contributed by atoms with van der Waals surface area (Å²) in [4.78, 5) is 12.0. The summed E-state index contributed by atoms with van der Waals surface area (Å²) in [5.41, 5.74) is 8.81. The highest BCUT2D eigenvalue weighted by atomic mass is 16.1. The molecule has 0 bridgehead atoms. The second-order valence-electron chi connectivity index (χ2n) is 5.40. The highest BCUT2D eigenvalue weighted by Gasteiger charge is 2.08. The van der Waals surface area contributed by atoms with E-state index in [4.69, 9.17) is 5.73 Å². The first-order valence-corrected chi connectivity index (χ1v) is 7.31. The fourth-order valence-electron chi connectivity index (χ4n) is 2.37. The van der Waals surface area contributed by atoms with E-state index in [1.54, 1.807) is 0 Å². The minimum Gasteiger partial charge on any atom is -0.399 e. The molecule has 2 aromatic rings. The lowest BCUT2D eigenvalue weighted by Crippen LogP contribution is -2.34. The van der Waals surface area contributed by atoms with Crippen LogP contribution in [0, 0.1) is 0 Å². The van der Waals surface area contributed by atoms with Crippen LogP contribution in [0.1, 0.15) is 24.5 Å². The van der Waals surface area contributed by atoms with E-state index in [2.05, 4.69) is 17.4 Å². The molecule has 1 unspecified atom stereocenters. The van der Waals surface area contributed by atoms with E-state index in [-0.39, 0.29) is 11.9 Å². The molecule has 0 saturated heterocycles. The lowest BCUT2D eigenvalue weighted by atomic mass is 10.1. The van der Waals surface area contributed by atoms with Crippen LogP contribution in [0.3, 0.4) is 0 Å². The first-order valence-electron chi connectivity index (χ1n) is 7.31. The van der Waals surface area contributed by atoms with Crippen molar-refractivity contribution in [3.8, 4) is 0 Å². The van der Waals surface area contributed by atoms with Crippen molar-refractivity contribution >= 4 is 11.6 Å². The summed E-state index contributed by atoms with van der Waals surface area (Å²) in [5, 5.41) is 3.04. The molecule has 0 aliphatic carbocycles. The molecule has 2 aromatic carbocycles. The second-order valence-corrected chi connectivity index (χ2v) is 5.40. The van der Waals surface area contributed by atoms with Gasteiger partial charge in [-0.15, -0.1) is 0 Å². The molecule has 1 amide bonds. The molecule has 110 valence electrons. The number of carbonyl (C=O) groups is 1. The van der Waals surface area contributed by atoms with Crippen molar-refractivity contribution in [2.24, 2.45) is 0 Å². The van der Waals surface area contributed by atoms with Gasteiger partial charge < -0.3 is 11.1 Å². The van der Waals surface area contributed by atoms with E-state index in [1.807, 2.05) is 49.4 Å². The molecule has 1 atom stereocenters. The van der Waals surface area contributed by atoms with E-state index in [1.165, 1.54) is 5.56 Å². The first-order chi connectivity index (χ1) is 10.1. The molecule has 0 fully saturated rings. The van der Waals surface area contributed by atoms with Gasteiger partial charge in [0, 0.05) is 18.2 Å². The lowest BCUT2D eigenvalue weighted by molar-refractivity contribution is -0.121. The maximum atomic E-state index is 12.0. The predicted octanol–water partition coefficient (Wildman–Crippen LogP) is 2.95. The highest BCUT2D eigenvalue weighted by molar-refractivity contribution is 5.76. The van der Waals surface area contributed by atoms with E-state index in [0.717, 1.165) is 24.1 Å². The Morgan fingerprint density at radius 2 is 1.81 bits per heavy atom. The average Bonchev–Trinajstić information content (AvgIpc) is 2.46. The molecule has 3 heteroatoms. The van der Waals surface area contributed by atoms with Crippen LogP contribution in [0.2, 0.25) is 0 Å². The van der Waals surface area contributed by atoms with Crippen molar-refractivity contribution in [3.05, 3.63) is 65.7 Å². The summed E-state index contributed by atoms with van der Waals surface area (Å²) < 4.78 is 0. The Hall–Kier alpha value is -2.29. The topological polar surface area (TPSA) is 55.1 Å². The smallest absolute Gasteiger partial charge is 0.220 e. The van der Waals surface area contributed by atoms with Gasteiger partial charge in [-0.05, 0) is 43.0 Å². The quantitative estimate of drug-likeness (QED) is 0.800. The van der Waals surface area contributed by atoms with Gasteiger partial charge in [0.05, 0.1) is 0 Å². The van der Waals surface area contributed by atoms with Gasteiger partial charge in [-0.2, -0.15) is 0 Å². The molecule has 0 aliphatic rings. The number of hydrogen-bond donors (Lipinski definition) is 2. The normalized spacial score (nSPS) is 11.9. The monoisotopic (exact) mass is 282 g/mol. The molecular formula is C18H22N2O. The number of amides is 1. The summed E-state index contributed by atoms with van der Waals surface area (Å²) >= 11 is 0. The SMILES string of the molecule is CC(Cc1ccccc1)NC(=O)CCc1cccc(N)c1. The molecular weight excluding hydrogens is 260 g/mol. The van der Waals surface area contributed by atoms with Crippen molar-refractivity contribution in [2.45, 2.75) is 32.2 Å². The zero-order valence-electron chi connectivity index (χ0n) is 12.4. The van der Waals surface area contributed by atoms with E-state index < -0.39 is 0 Å². The van der Waals surface area contributed by atoms with Gasteiger partial charge in [-0.3, -0.25) is 4.79 Å². The molecule has 2 rings (SSSR count). The van der Waals surface area contributed by atoms with Crippen molar-refractivity contribution in [1.82, 2.24) is 5.32 Å². The number of hydrogen-bond acceptors (Lipinski definition) is 2. The van der Waals surface area contributed by atoms with Crippen LogP contribution >= 0.6 is 0 Å². The average molecular weight is 282 g/mol. The maximum Gasteiger partial charge on any atom is 0.220 e. The number of nitrogen functional groups attached to an aromatic ring is 1. The molecule has 0 spiro atoms. The van der Waals surface area contributed by atoms with Crippen molar-refractivity contribution < 1.29 is 4.79 Å². The van der Waals surface area contributed by atoms with Crippen LogP contribution in [0.15, 0.2) is 54.6 Å². The summed E-state index contributed by atoms with van der Waals surface area (Å²) in [6.45, 7) is 2.03. The Kier molecular flexibility index (Phi) is 5.38. The van der Waals surface area contributed by atoms with Gasteiger partial charge in [-0.25, -0.2) is 0 Å². The molecule has 0 heterocycles. The van der Waals surface area contributed by atoms with Gasteiger partial charge in [0.2, 0.25) is 5.91 Å². The Balaban J connectivity index is 1.76. The van der Waals surface area contributed by atoms with Crippen LogP contribution in [0.5, 0.6) is 0 Å². The maximum absolute atomic E-state index is 12.0. The molecule has 3 N–H and O–H groups in total. The van der Waals surface area contributed by atoms with Crippen LogP contribution in [0.25, 0.3) is 0 Å². The fraction of sp³-hybridized carbons (Fsp3) is 0.278. The zero-order valence-corrected chi connectivity index (χ0v) is 12.4. The third-order valence-electron chi connectivity index (χ3n) is 3.38. The summed E-state index contributed by atoms with van der Waals surface area (Å²) in [6, 6.07) is 18.0. The molecule has 0 aromatic heterocycles. The lowest BCUT2D eigenvalue weighted by Gasteiger charge is -2.14. The van der Waals surface area contributed by atoms with Gasteiger partial charge in [-0.1, -0.05) is 42.5 Å². The summed E-state index contributed by atoms with van der Waals surface area (Å²) in [5.74, 6) is 0.0841. The second kappa shape index (κ2) is 7.48. The van der Waals surface area contributed by atoms with Gasteiger partial charge in [0.15, 0.2) is 0 Å². The third-order valence-corrected chi connectivity index (χ3v) is 3.38. The van der Waals surface area contributed by atoms with Gasteiger partial charge in [0.1, 0.15) is 0 Å². The highest BCUT2D eigenvalue weighted by Crippen LogP contribution is 2.09. The number of benzene rings is 2. The summed E-state index contributed by atoms with van der Waals surface area (Å²) in [7, 11) is 0. The number of anilines is 1. The van der Waals surface area contributed by atoms with Crippen LogP contribution in [-0.2, 0) is 17.6 Å². The van der Waals surface area contributed by atoms with Crippen molar-refractivity contribution in [2.75, 3.05) is 5.73 Å².